The number of aromatic nitrogens is 2. The molecule has 34 heavy (non-hydrogen) atoms. The van der Waals surface area contributed by atoms with Gasteiger partial charge in [0.1, 0.15) is 5.82 Å². The second kappa shape index (κ2) is 10.3. The van der Waals surface area contributed by atoms with Crippen LogP contribution in [0.3, 0.4) is 0 Å². The molecular formula is C28H29N3O3. The fourth-order valence-corrected chi connectivity index (χ4v) is 4.42. The maximum atomic E-state index is 13.0. The predicted molar refractivity (Wildman–Crippen MR) is 136 cm³/mol. The van der Waals surface area contributed by atoms with Gasteiger partial charge in [0.05, 0.1) is 37.5 Å². The minimum Gasteiger partial charge on any atom is -0.381 e. The first-order chi connectivity index (χ1) is 16.7. The van der Waals surface area contributed by atoms with Crippen LogP contribution in [0.4, 0.5) is 11.5 Å². The van der Waals surface area contributed by atoms with Crippen molar-refractivity contribution >= 4 is 27.9 Å². The molecule has 2 aliphatic rings. The number of hydrogen-bond acceptors (Lipinski definition) is 6. The van der Waals surface area contributed by atoms with Crippen molar-refractivity contribution in [3.8, 4) is 0 Å². The van der Waals surface area contributed by atoms with Crippen molar-refractivity contribution in [3.63, 3.8) is 0 Å². The van der Waals surface area contributed by atoms with Crippen molar-refractivity contribution in [2.45, 2.75) is 32.6 Å². The Bertz CT molecular complexity index is 1310. The number of hydrogen-bond donors (Lipinski definition) is 1. The Morgan fingerprint density at radius 1 is 0.941 bits per heavy atom. The van der Waals surface area contributed by atoms with Gasteiger partial charge in [0.25, 0.3) is 5.56 Å². The van der Waals surface area contributed by atoms with Gasteiger partial charge >= 0.3 is 0 Å². The highest BCUT2D eigenvalue weighted by molar-refractivity contribution is 5.94. The molecule has 1 N–H and O–H groups in total. The van der Waals surface area contributed by atoms with Crippen LogP contribution in [-0.4, -0.2) is 36.4 Å². The van der Waals surface area contributed by atoms with Crippen LogP contribution in [-0.2, 0) is 15.9 Å². The third kappa shape index (κ3) is 5.24. The standard InChI is InChI=1S/C28H29N3O3/c1-19-4-7-23-18-25(22-11-15-34-16-12-22)31-27(26(23)28(32)29-19)30-24-8-5-21(6-9-24)17-20-3-2-13-33-14-10-20/h3-9,11,18H,2,10,12-17H2,1H3,(H,30,31). The van der Waals surface area contributed by atoms with E-state index in [1.54, 1.807) is 0 Å². The molecular weight excluding hydrogens is 426 g/mol. The number of fused-ring (bicyclic) bond motifs is 1. The van der Waals surface area contributed by atoms with Gasteiger partial charge in [0, 0.05) is 11.4 Å². The fourth-order valence-electron chi connectivity index (χ4n) is 4.42. The molecule has 0 bridgehead atoms. The second-order valence-electron chi connectivity index (χ2n) is 8.78. The van der Waals surface area contributed by atoms with Gasteiger partial charge in [-0.05, 0) is 73.4 Å². The van der Waals surface area contributed by atoms with E-state index in [0.717, 1.165) is 61.2 Å². The van der Waals surface area contributed by atoms with E-state index in [-0.39, 0.29) is 5.56 Å². The Kier molecular flexibility index (Phi) is 6.79. The number of rotatable bonds is 5. The van der Waals surface area contributed by atoms with E-state index in [1.165, 1.54) is 11.1 Å². The van der Waals surface area contributed by atoms with Crippen LogP contribution in [0.1, 0.15) is 36.2 Å². The van der Waals surface area contributed by atoms with Crippen LogP contribution in [0, 0.1) is 6.92 Å². The zero-order chi connectivity index (χ0) is 23.3. The Hall–Kier alpha value is -3.35. The minimum absolute atomic E-state index is 0.279. The van der Waals surface area contributed by atoms with Gasteiger partial charge in [-0.3, -0.25) is 4.79 Å². The maximum absolute atomic E-state index is 13.0. The van der Waals surface area contributed by atoms with Crippen LogP contribution in [0.25, 0.3) is 16.3 Å². The van der Waals surface area contributed by atoms with Crippen molar-refractivity contribution in [1.29, 1.82) is 0 Å². The van der Waals surface area contributed by atoms with Crippen LogP contribution in [0.15, 0.2) is 65.0 Å². The van der Waals surface area contributed by atoms with E-state index in [0.29, 0.717) is 30.1 Å². The molecule has 0 fully saturated rings. The Morgan fingerprint density at radius 2 is 1.79 bits per heavy atom. The van der Waals surface area contributed by atoms with Crippen molar-refractivity contribution in [2.24, 2.45) is 0 Å². The monoisotopic (exact) mass is 455 g/mol. The average molecular weight is 456 g/mol. The van der Waals surface area contributed by atoms with E-state index < -0.39 is 0 Å². The van der Waals surface area contributed by atoms with Crippen LogP contribution >= 0.6 is 0 Å². The number of nitrogens with one attached hydrogen (secondary N) is 1. The molecule has 1 aromatic carbocycles. The molecule has 2 aromatic heterocycles. The third-order valence-corrected chi connectivity index (χ3v) is 6.25. The molecule has 174 valence electrons. The van der Waals surface area contributed by atoms with Crippen LogP contribution in [0.5, 0.6) is 0 Å². The van der Waals surface area contributed by atoms with Gasteiger partial charge in [0.15, 0.2) is 0 Å². The lowest BCUT2D eigenvalue weighted by Gasteiger charge is -2.15. The Labute approximate surface area is 199 Å². The van der Waals surface area contributed by atoms with E-state index >= 15 is 0 Å². The van der Waals surface area contributed by atoms with Gasteiger partial charge in [-0.25, -0.2) is 9.97 Å². The normalized spacial score (nSPS) is 16.5. The summed E-state index contributed by atoms with van der Waals surface area (Å²) < 4.78 is 11.0. The van der Waals surface area contributed by atoms with E-state index in [9.17, 15) is 4.79 Å². The van der Waals surface area contributed by atoms with Crippen LogP contribution < -0.4 is 10.9 Å². The van der Waals surface area contributed by atoms with Gasteiger partial charge in [-0.1, -0.05) is 35.9 Å². The number of anilines is 2. The quantitative estimate of drug-likeness (QED) is 0.538. The summed E-state index contributed by atoms with van der Waals surface area (Å²) in [5, 5.41) is 4.72. The summed E-state index contributed by atoms with van der Waals surface area (Å²) in [5.74, 6) is 0.532. The highest BCUT2D eigenvalue weighted by Gasteiger charge is 2.15. The summed E-state index contributed by atoms with van der Waals surface area (Å²) in [6.45, 7) is 4.69. The molecule has 0 saturated carbocycles. The number of aryl methyl sites for hydroxylation is 1. The predicted octanol–water partition coefficient (Wildman–Crippen LogP) is 5.13. The van der Waals surface area contributed by atoms with Gasteiger partial charge in [-0.2, -0.15) is 0 Å². The van der Waals surface area contributed by atoms with Crippen LogP contribution in [0.2, 0.25) is 0 Å². The summed E-state index contributed by atoms with van der Waals surface area (Å²) in [6, 6.07) is 14.1. The van der Waals surface area contributed by atoms with Crippen molar-refractivity contribution in [1.82, 2.24) is 9.97 Å². The molecule has 0 atom stereocenters. The highest BCUT2D eigenvalue weighted by atomic mass is 16.5. The molecule has 4 heterocycles. The highest BCUT2D eigenvalue weighted by Crippen LogP contribution is 2.28. The van der Waals surface area contributed by atoms with E-state index in [1.807, 2.05) is 37.3 Å². The molecule has 3 aromatic rings. The zero-order valence-corrected chi connectivity index (χ0v) is 19.5. The first-order valence-corrected chi connectivity index (χ1v) is 11.9. The third-order valence-electron chi connectivity index (χ3n) is 6.25. The van der Waals surface area contributed by atoms with Gasteiger partial charge in [-0.15, -0.1) is 0 Å². The number of ether oxygens (including phenoxy) is 2. The number of pyridine rings is 1. The van der Waals surface area contributed by atoms with Crippen molar-refractivity contribution in [3.05, 3.63) is 87.5 Å². The molecule has 0 saturated heterocycles. The molecule has 0 radical (unpaired) electrons. The molecule has 5 rings (SSSR count). The summed E-state index contributed by atoms with van der Waals surface area (Å²) >= 11 is 0. The average Bonchev–Trinajstić information content (AvgIpc) is 3.20. The lowest BCUT2D eigenvalue weighted by molar-refractivity contribution is 0.146. The topological polar surface area (TPSA) is 73.3 Å². The van der Waals surface area contributed by atoms with Gasteiger partial charge in [0.2, 0.25) is 0 Å². The molecule has 6 nitrogen and oxygen atoms in total. The number of nitrogens with zero attached hydrogens (tertiary/aromatic N) is 2. The smallest absolute Gasteiger partial charge is 0.281 e. The maximum Gasteiger partial charge on any atom is 0.281 e. The fraction of sp³-hybridized carbons (Fsp3) is 0.321. The molecule has 0 unspecified atom stereocenters. The summed E-state index contributed by atoms with van der Waals surface area (Å²) in [5.41, 5.74) is 5.97. The van der Waals surface area contributed by atoms with E-state index in [2.05, 4.69) is 34.6 Å². The second-order valence-corrected chi connectivity index (χ2v) is 8.78. The van der Waals surface area contributed by atoms with Gasteiger partial charge < -0.3 is 14.8 Å². The summed E-state index contributed by atoms with van der Waals surface area (Å²) in [4.78, 5) is 22.0. The summed E-state index contributed by atoms with van der Waals surface area (Å²) in [6.07, 6.45) is 8.06. The largest absolute Gasteiger partial charge is 0.381 e. The summed E-state index contributed by atoms with van der Waals surface area (Å²) in [7, 11) is 0. The molecule has 6 heteroatoms. The lowest BCUT2D eigenvalue weighted by Crippen LogP contribution is -2.10. The Balaban J connectivity index is 1.48. The molecule has 0 amide bonds. The minimum atomic E-state index is -0.279. The molecule has 0 spiro atoms. The first-order valence-electron chi connectivity index (χ1n) is 11.9. The van der Waals surface area contributed by atoms with Crippen molar-refractivity contribution in [2.75, 3.05) is 31.7 Å². The zero-order valence-electron chi connectivity index (χ0n) is 19.5. The van der Waals surface area contributed by atoms with Crippen molar-refractivity contribution < 1.29 is 9.47 Å². The van der Waals surface area contributed by atoms with E-state index in [4.69, 9.17) is 14.5 Å². The molecule has 0 aliphatic carbocycles. The lowest BCUT2D eigenvalue weighted by atomic mass is 10.0. The Morgan fingerprint density at radius 3 is 2.62 bits per heavy atom. The molecule has 2 aliphatic heterocycles. The SMILES string of the molecule is Cc1ccc2cc(C3=CCOCC3)nc(Nc3ccc(CC4=CCCOCC4)cc3)c2c(=O)n1. The number of benzene rings is 1. The first kappa shape index (κ1) is 22.4.